The molecule has 3 nitrogen and oxygen atoms in total. The summed E-state index contributed by atoms with van der Waals surface area (Å²) >= 11 is 0. The van der Waals surface area contributed by atoms with E-state index in [9.17, 15) is 5.26 Å². The van der Waals surface area contributed by atoms with Gasteiger partial charge in [0, 0.05) is 0 Å². The first-order chi connectivity index (χ1) is 12.8. The highest BCUT2D eigenvalue weighted by Crippen LogP contribution is 2.20. The van der Waals surface area contributed by atoms with E-state index in [2.05, 4.69) is 12.1 Å². The number of allylic oxidation sites excluding steroid dienone is 1. The molecule has 0 saturated carbocycles. The largest absolute Gasteiger partial charge is 0.489 e. The van der Waals surface area contributed by atoms with E-state index >= 15 is 0 Å². The van der Waals surface area contributed by atoms with Crippen LogP contribution >= 0.6 is 0 Å². The second-order valence-corrected chi connectivity index (χ2v) is 5.70. The summed E-state index contributed by atoms with van der Waals surface area (Å²) < 4.78 is 5.77. The molecular weight excluding hydrogens is 320 g/mol. The lowest BCUT2D eigenvalue weighted by Gasteiger charge is -2.06. The highest BCUT2D eigenvalue weighted by Gasteiger charge is 2.02. The maximum absolute atomic E-state index is 9.42. The van der Waals surface area contributed by atoms with Crippen molar-refractivity contribution >= 4 is 11.6 Å². The standard InChI is InChI=1S/C23H16N2O/c24-15-19-6-10-21(11-7-19)22(16-25)14-18-8-12-23(13-9-18)26-17-20-4-2-1-3-5-20/h1-14H,17H2/b22-14+. The van der Waals surface area contributed by atoms with Gasteiger partial charge in [-0.3, -0.25) is 0 Å². The van der Waals surface area contributed by atoms with Crippen molar-refractivity contribution in [2.75, 3.05) is 0 Å². The number of nitriles is 2. The van der Waals surface area contributed by atoms with Crippen LogP contribution in [0.5, 0.6) is 5.75 Å². The van der Waals surface area contributed by atoms with Gasteiger partial charge in [-0.1, -0.05) is 54.6 Å². The van der Waals surface area contributed by atoms with E-state index in [-0.39, 0.29) is 0 Å². The van der Waals surface area contributed by atoms with Crippen LogP contribution in [0.2, 0.25) is 0 Å². The number of rotatable bonds is 5. The van der Waals surface area contributed by atoms with Crippen molar-refractivity contribution in [2.45, 2.75) is 6.61 Å². The molecule has 0 radical (unpaired) electrons. The van der Waals surface area contributed by atoms with E-state index in [0.717, 1.165) is 22.4 Å². The van der Waals surface area contributed by atoms with E-state index < -0.39 is 0 Å². The van der Waals surface area contributed by atoms with Crippen molar-refractivity contribution in [3.63, 3.8) is 0 Å². The zero-order valence-electron chi connectivity index (χ0n) is 14.1. The maximum Gasteiger partial charge on any atom is 0.119 e. The maximum atomic E-state index is 9.42. The molecule has 0 saturated heterocycles. The first-order valence-electron chi connectivity index (χ1n) is 8.17. The molecule has 0 aromatic heterocycles. The van der Waals surface area contributed by atoms with Crippen LogP contribution in [0, 0.1) is 22.7 Å². The fourth-order valence-corrected chi connectivity index (χ4v) is 2.47. The SMILES string of the molecule is N#C/C(=C\c1ccc(OCc2ccccc2)cc1)c1ccc(C#N)cc1. The molecule has 0 aliphatic carbocycles. The minimum absolute atomic E-state index is 0.519. The van der Waals surface area contributed by atoms with Gasteiger partial charge in [-0.05, 0) is 47.0 Å². The molecule has 0 heterocycles. The molecule has 3 aromatic rings. The van der Waals surface area contributed by atoms with E-state index in [0.29, 0.717) is 17.7 Å². The Labute approximate surface area is 153 Å². The number of nitrogens with zero attached hydrogens (tertiary/aromatic N) is 2. The van der Waals surface area contributed by atoms with Crippen LogP contribution in [0.3, 0.4) is 0 Å². The summed E-state index contributed by atoms with van der Waals surface area (Å²) in [6.45, 7) is 0.519. The Kier molecular flexibility index (Phi) is 5.45. The summed E-state index contributed by atoms with van der Waals surface area (Å²) in [5.41, 5.74) is 3.94. The van der Waals surface area contributed by atoms with Gasteiger partial charge in [0.2, 0.25) is 0 Å². The Morgan fingerprint density at radius 1 is 0.846 bits per heavy atom. The van der Waals surface area contributed by atoms with Gasteiger partial charge in [-0.2, -0.15) is 10.5 Å². The van der Waals surface area contributed by atoms with Crippen LogP contribution in [-0.2, 0) is 6.61 Å². The monoisotopic (exact) mass is 336 g/mol. The minimum Gasteiger partial charge on any atom is -0.489 e. The molecule has 0 aliphatic rings. The second kappa shape index (κ2) is 8.33. The predicted octanol–water partition coefficient (Wildman–Crippen LogP) is 5.20. The van der Waals surface area contributed by atoms with Gasteiger partial charge in [-0.25, -0.2) is 0 Å². The molecule has 26 heavy (non-hydrogen) atoms. The van der Waals surface area contributed by atoms with Crippen molar-refractivity contribution in [3.8, 4) is 17.9 Å². The van der Waals surface area contributed by atoms with Gasteiger partial charge in [0.1, 0.15) is 12.4 Å². The minimum atomic E-state index is 0.519. The van der Waals surface area contributed by atoms with Crippen molar-refractivity contribution in [1.82, 2.24) is 0 Å². The Hall–Kier alpha value is -3.82. The van der Waals surface area contributed by atoms with Crippen LogP contribution in [-0.4, -0.2) is 0 Å². The van der Waals surface area contributed by atoms with Crippen LogP contribution in [0.15, 0.2) is 78.9 Å². The molecule has 3 aromatic carbocycles. The summed E-state index contributed by atoms with van der Waals surface area (Å²) in [7, 11) is 0. The molecule has 0 unspecified atom stereocenters. The lowest BCUT2D eigenvalue weighted by Crippen LogP contribution is -1.94. The van der Waals surface area contributed by atoms with Crippen LogP contribution in [0.4, 0.5) is 0 Å². The molecule has 3 heteroatoms. The van der Waals surface area contributed by atoms with E-state index in [1.807, 2.05) is 60.7 Å². The van der Waals surface area contributed by atoms with E-state index in [1.165, 1.54) is 0 Å². The van der Waals surface area contributed by atoms with Gasteiger partial charge in [0.25, 0.3) is 0 Å². The average molecular weight is 336 g/mol. The van der Waals surface area contributed by atoms with Gasteiger partial charge in [0.15, 0.2) is 0 Å². The van der Waals surface area contributed by atoms with Crippen LogP contribution < -0.4 is 4.74 Å². The van der Waals surface area contributed by atoms with Crippen molar-refractivity contribution in [2.24, 2.45) is 0 Å². The highest BCUT2D eigenvalue weighted by atomic mass is 16.5. The fraction of sp³-hybridized carbons (Fsp3) is 0.0435. The van der Waals surface area contributed by atoms with Gasteiger partial charge in [-0.15, -0.1) is 0 Å². The first kappa shape index (κ1) is 17.0. The molecule has 0 spiro atoms. The topological polar surface area (TPSA) is 56.8 Å². The van der Waals surface area contributed by atoms with Gasteiger partial charge < -0.3 is 4.74 Å². The van der Waals surface area contributed by atoms with Crippen molar-refractivity contribution in [3.05, 3.63) is 101 Å². The summed E-state index contributed by atoms with van der Waals surface area (Å²) in [5.74, 6) is 0.780. The number of benzene rings is 3. The second-order valence-electron chi connectivity index (χ2n) is 5.70. The number of hydrogen-bond donors (Lipinski definition) is 0. The molecule has 3 rings (SSSR count). The molecule has 124 valence electrons. The molecule has 0 bridgehead atoms. The Morgan fingerprint density at radius 2 is 1.54 bits per heavy atom. The van der Waals surface area contributed by atoms with Crippen molar-refractivity contribution < 1.29 is 4.74 Å². The normalized spacial score (nSPS) is 10.6. The zero-order chi connectivity index (χ0) is 18.2. The molecule has 0 atom stereocenters. The molecular formula is C23H16N2O. The summed E-state index contributed by atoms with van der Waals surface area (Å²) in [4.78, 5) is 0. The third-order valence-electron chi connectivity index (χ3n) is 3.88. The van der Waals surface area contributed by atoms with Crippen molar-refractivity contribution in [1.29, 1.82) is 10.5 Å². The summed E-state index contributed by atoms with van der Waals surface area (Å²) in [5, 5.41) is 18.3. The molecule has 0 aliphatic heterocycles. The Balaban J connectivity index is 1.71. The van der Waals surface area contributed by atoms with E-state index in [1.54, 1.807) is 24.3 Å². The highest BCUT2D eigenvalue weighted by molar-refractivity contribution is 5.89. The molecule has 0 amide bonds. The average Bonchev–Trinajstić information content (AvgIpc) is 2.72. The number of ether oxygens (including phenoxy) is 1. The zero-order valence-corrected chi connectivity index (χ0v) is 14.1. The fourth-order valence-electron chi connectivity index (χ4n) is 2.47. The van der Waals surface area contributed by atoms with Gasteiger partial charge in [0.05, 0.1) is 23.3 Å². The molecule has 0 N–H and O–H groups in total. The lowest BCUT2D eigenvalue weighted by atomic mass is 10.0. The summed E-state index contributed by atoms with van der Waals surface area (Å²) in [6.07, 6.45) is 1.82. The van der Waals surface area contributed by atoms with Gasteiger partial charge >= 0.3 is 0 Å². The third-order valence-corrected chi connectivity index (χ3v) is 3.88. The lowest BCUT2D eigenvalue weighted by molar-refractivity contribution is 0.306. The summed E-state index contributed by atoms with van der Waals surface area (Å²) in [6, 6.07) is 28.9. The first-order valence-corrected chi connectivity index (χ1v) is 8.17. The molecule has 0 fully saturated rings. The quantitative estimate of drug-likeness (QED) is 0.475. The van der Waals surface area contributed by atoms with Crippen LogP contribution in [0.25, 0.3) is 11.6 Å². The third kappa shape index (κ3) is 4.38. The Bertz CT molecular complexity index is 974. The Morgan fingerprint density at radius 3 is 2.15 bits per heavy atom. The van der Waals surface area contributed by atoms with E-state index in [4.69, 9.17) is 10.00 Å². The van der Waals surface area contributed by atoms with Crippen LogP contribution in [0.1, 0.15) is 22.3 Å². The predicted molar refractivity (Wildman–Crippen MR) is 102 cm³/mol. The number of hydrogen-bond acceptors (Lipinski definition) is 3. The smallest absolute Gasteiger partial charge is 0.119 e.